The van der Waals surface area contributed by atoms with E-state index in [2.05, 4.69) is 10.4 Å². The van der Waals surface area contributed by atoms with Crippen molar-refractivity contribution in [1.82, 2.24) is 15.1 Å². The molecular weight excluding hydrogens is 341 g/mol. The van der Waals surface area contributed by atoms with Crippen molar-refractivity contribution in [3.05, 3.63) is 47.2 Å². The number of amides is 1. The van der Waals surface area contributed by atoms with Gasteiger partial charge in [0.05, 0.1) is 5.02 Å². The van der Waals surface area contributed by atoms with E-state index in [0.29, 0.717) is 29.4 Å². The highest BCUT2D eigenvalue weighted by atomic mass is 35.5. The third-order valence-electron chi connectivity index (χ3n) is 2.96. The number of benzene rings is 1. The molecule has 0 bridgehead atoms. The van der Waals surface area contributed by atoms with Gasteiger partial charge in [-0.1, -0.05) is 23.7 Å². The first-order valence-electron chi connectivity index (χ1n) is 6.93. The monoisotopic (exact) mass is 355 g/mol. The first-order valence-corrected chi connectivity index (χ1v) is 7.69. The molecule has 0 saturated heterocycles. The van der Waals surface area contributed by atoms with E-state index in [4.69, 9.17) is 27.9 Å². The first-order chi connectivity index (χ1) is 11.1. The average molecular weight is 356 g/mol. The van der Waals surface area contributed by atoms with Crippen molar-refractivity contribution in [2.24, 2.45) is 0 Å². The van der Waals surface area contributed by atoms with Gasteiger partial charge in [-0.05, 0) is 36.2 Å². The van der Waals surface area contributed by atoms with E-state index >= 15 is 0 Å². The van der Waals surface area contributed by atoms with Gasteiger partial charge in [0.1, 0.15) is 11.4 Å². The van der Waals surface area contributed by atoms with Gasteiger partial charge in [-0.3, -0.25) is 9.59 Å². The maximum absolute atomic E-state index is 12.1. The lowest BCUT2D eigenvalue weighted by molar-refractivity contribution is -0.111. The van der Waals surface area contributed by atoms with Gasteiger partial charge < -0.3 is 10.1 Å². The van der Waals surface area contributed by atoms with Crippen LogP contribution >= 0.6 is 23.2 Å². The highest BCUT2D eigenvalue weighted by molar-refractivity contribution is 6.63. The lowest BCUT2D eigenvalue weighted by Gasteiger charge is -2.10. The molecule has 1 heterocycles. The Morgan fingerprint density at radius 2 is 2.04 bits per heavy atom. The van der Waals surface area contributed by atoms with Crippen molar-refractivity contribution in [2.45, 2.75) is 19.6 Å². The van der Waals surface area contributed by atoms with Crippen LogP contribution < -0.4 is 10.1 Å². The van der Waals surface area contributed by atoms with Crippen LogP contribution in [0.2, 0.25) is 5.02 Å². The van der Waals surface area contributed by atoms with Crippen LogP contribution in [-0.4, -0.2) is 27.5 Å². The van der Waals surface area contributed by atoms with E-state index in [1.54, 1.807) is 30.3 Å². The quantitative estimate of drug-likeness (QED) is 0.583. The number of para-hydroxylation sites is 1. The number of aromatic nitrogens is 2. The van der Waals surface area contributed by atoms with E-state index < -0.39 is 5.24 Å². The third kappa shape index (κ3) is 5.26. The number of carbonyl (C=O) groups excluding carboxylic acids is 2. The van der Waals surface area contributed by atoms with Gasteiger partial charge in [0.15, 0.2) is 6.73 Å². The maximum atomic E-state index is 12.1. The minimum Gasteiger partial charge on any atom is -0.470 e. The molecule has 2 rings (SSSR count). The topological polar surface area (TPSA) is 73.2 Å². The summed E-state index contributed by atoms with van der Waals surface area (Å²) in [6, 6.07) is 8.63. The Balaban J connectivity index is 1.90. The predicted octanol–water partition coefficient (Wildman–Crippen LogP) is 2.85. The summed E-state index contributed by atoms with van der Waals surface area (Å²) in [7, 11) is 0. The molecule has 1 amide bonds. The van der Waals surface area contributed by atoms with Crippen LogP contribution in [0, 0.1) is 0 Å². The number of hydrogen-bond acceptors (Lipinski definition) is 4. The third-order valence-corrected chi connectivity index (χ3v) is 3.47. The molecule has 0 unspecified atom stereocenters. The summed E-state index contributed by atoms with van der Waals surface area (Å²) in [5.41, 5.74) is 0.356. The molecule has 0 aliphatic heterocycles. The minimum atomic E-state index is -0.419. The van der Waals surface area contributed by atoms with Gasteiger partial charge in [0.2, 0.25) is 5.24 Å². The Morgan fingerprint density at radius 3 is 2.78 bits per heavy atom. The molecule has 6 nitrogen and oxygen atoms in total. The molecule has 23 heavy (non-hydrogen) atoms. The van der Waals surface area contributed by atoms with E-state index in [9.17, 15) is 9.59 Å². The molecule has 0 aliphatic carbocycles. The van der Waals surface area contributed by atoms with Crippen LogP contribution in [-0.2, 0) is 11.5 Å². The molecule has 0 saturated carbocycles. The number of hydrogen-bond donors (Lipinski definition) is 1. The van der Waals surface area contributed by atoms with Crippen molar-refractivity contribution in [2.75, 3.05) is 6.54 Å². The fourth-order valence-corrected chi connectivity index (χ4v) is 2.16. The van der Waals surface area contributed by atoms with Crippen LogP contribution in [0.3, 0.4) is 0 Å². The van der Waals surface area contributed by atoms with Crippen LogP contribution in [0.1, 0.15) is 23.3 Å². The molecule has 1 aromatic carbocycles. The van der Waals surface area contributed by atoms with Gasteiger partial charge in [0, 0.05) is 19.2 Å². The van der Waals surface area contributed by atoms with Gasteiger partial charge in [0.25, 0.3) is 5.91 Å². The van der Waals surface area contributed by atoms with Crippen LogP contribution in [0.4, 0.5) is 0 Å². The second-order valence-electron chi connectivity index (χ2n) is 4.63. The number of ether oxygens (including phenoxy) is 1. The summed E-state index contributed by atoms with van der Waals surface area (Å²) in [5, 5.41) is 6.81. The maximum Gasteiger partial charge on any atom is 0.269 e. The lowest BCUT2D eigenvalue weighted by atomic mass is 10.3. The van der Waals surface area contributed by atoms with E-state index in [0.717, 1.165) is 0 Å². The van der Waals surface area contributed by atoms with Crippen LogP contribution in [0.15, 0.2) is 36.5 Å². The number of halogens is 2. The van der Waals surface area contributed by atoms with Crippen LogP contribution in [0.25, 0.3) is 0 Å². The number of rotatable bonds is 8. The van der Waals surface area contributed by atoms with Crippen molar-refractivity contribution in [1.29, 1.82) is 0 Å². The highest BCUT2D eigenvalue weighted by Gasteiger charge is 2.12. The average Bonchev–Trinajstić information content (AvgIpc) is 2.99. The summed E-state index contributed by atoms with van der Waals surface area (Å²) >= 11 is 11.2. The fourth-order valence-electron chi connectivity index (χ4n) is 1.84. The summed E-state index contributed by atoms with van der Waals surface area (Å²) in [6.45, 7) is 0.410. The van der Waals surface area contributed by atoms with Gasteiger partial charge >= 0.3 is 0 Å². The molecular formula is C15H15Cl2N3O3. The molecule has 0 fully saturated rings. The molecule has 2 aromatic rings. The van der Waals surface area contributed by atoms with Crippen molar-refractivity contribution >= 4 is 34.4 Å². The molecule has 0 spiro atoms. The largest absolute Gasteiger partial charge is 0.470 e. The van der Waals surface area contributed by atoms with Gasteiger partial charge in [-0.25, -0.2) is 4.68 Å². The molecule has 0 atom stereocenters. The molecule has 0 radical (unpaired) electrons. The standard InChI is InChI=1S/C15H15Cl2N3O3/c16-11-4-1-2-5-13(11)23-10-20-12(7-9-19-20)15(22)18-8-3-6-14(17)21/h1-2,4-5,7,9H,3,6,8,10H2,(H,18,22). The summed E-state index contributed by atoms with van der Waals surface area (Å²) in [6.07, 6.45) is 2.21. The minimum absolute atomic E-state index is 0.0552. The highest BCUT2D eigenvalue weighted by Crippen LogP contribution is 2.23. The zero-order valence-corrected chi connectivity index (χ0v) is 13.7. The second kappa shape index (κ2) is 8.55. The summed E-state index contributed by atoms with van der Waals surface area (Å²) in [4.78, 5) is 22.7. The smallest absolute Gasteiger partial charge is 0.269 e. The zero-order chi connectivity index (χ0) is 16.7. The van der Waals surface area contributed by atoms with Crippen molar-refractivity contribution in [3.63, 3.8) is 0 Å². The normalized spacial score (nSPS) is 10.3. The Kier molecular flexibility index (Phi) is 6.43. The van der Waals surface area contributed by atoms with Crippen molar-refractivity contribution < 1.29 is 14.3 Å². The van der Waals surface area contributed by atoms with Crippen molar-refractivity contribution in [3.8, 4) is 5.75 Å². The summed E-state index contributed by atoms with van der Waals surface area (Å²) < 4.78 is 6.98. The molecule has 0 aliphatic rings. The molecule has 122 valence electrons. The second-order valence-corrected chi connectivity index (χ2v) is 5.46. The fraction of sp³-hybridized carbons (Fsp3) is 0.267. The van der Waals surface area contributed by atoms with Gasteiger partial charge in [-0.15, -0.1) is 0 Å². The lowest BCUT2D eigenvalue weighted by Crippen LogP contribution is -2.28. The van der Waals surface area contributed by atoms with Gasteiger partial charge in [-0.2, -0.15) is 5.10 Å². The number of nitrogens with zero attached hydrogens (tertiary/aromatic N) is 2. The molecule has 8 heteroatoms. The Labute approximate surface area is 143 Å². The zero-order valence-electron chi connectivity index (χ0n) is 12.2. The van der Waals surface area contributed by atoms with Crippen LogP contribution in [0.5, 0.6) is 5.75 Å². The Hall–Kier alpha value is -2.05. The summed E-state index contributed by atoms with van der Waals surface area (Å²) in [5.74, 6) is 0.212. The van der Waals surface area contributed by atoms with E-state index in [1.807, 2.05) is 0 Å². The Morgan fingerprint density at radius 1 is 1.26 bits per heavy atom. The van der Waals surface area contributed by atoms with E-state index in [1.165, 1.54) is 10.9 Å². The molecule has 1 N–H and O–H groups in total. The predicted molar refractivity (Wildman–Crippen MR) is 86.7 cm³/mol. The number of nitrogens with one attached hydrogen (secondary N) is 1. The van der Waals surface area contributed by atoms with E-state index in [-0.39, 0.29) is 19.1 Å². The Bertz CT molecular complexity index is 688. The number of carbonyl (C=O) groups is 2. The first kappa shape index (κ1) is 17.3. The molecule has 1 aromatic heterocycles. The SMILES string of the molecule is O=C(Cl)CCCNC(=O)c1ccnn1COc1ccccc1Cl.